The van der Waals surface area contributed by atoms with E-state index in [9.17, 15) is 31.5 Å². The highest BCUT2D eigenvalue weighted by Crippen LogP contribution is 2.43. The van der Waals surface area contributed by atoms with Crippen LogP contribution in [-0.2, 0) is 21.0 Å². The molecule has 0 bridgehead atoms. The first-order chi connectivity index (χ1) is 12.3. The van der Waals surface area contributed by atoms with Gasteiger partial charge in [0.25, 0.3) is 0 Å². The van der Waals surface area contributed by atoms with E-state index in [1.54, 1.807) is 0 Å². The molecule has 27 heavy (non-hydrogen) atoms. The highest BCUT2D eigenvalue weighted by atomic mass is 35.5. The van der Waals surface area contributed by atoms with Crippen molar-refractivity contribution in [1.82, 2.24) is 4.98 Å². The van der Waals surface area contributed by atoms with E-state index in [4.69, 9.17) is 11.6 Å². The number of carbonyl (C=O) groups is 2. The van der Waals surface area contributed by atoms with Gasteiger partial charge < -0.3 is 14.4 Å². The third-order valence-electron chi connectivity index (χ3n) is 3.43. The van der Waals surface area contributed by atoms with E-state index in [0.29, 0.717) is 0 Å². The van der Waals surface area contributed by atoms with Crippen LogP contribution in [0.2, 0.25) is 0 Å². The molecule has 1 rings (SSSR count). The second kappa shape index (κ2) is 8.24. The van der Waals surface area contributed by atoms with E-state index in [0.717, 1.165) is 12.0 Å². The van der Waals surface area contributed by atoms with Crippen molar-refractivity contribution in [2.45, 2.75) is 25.4 Å². The molecular weight excluding hydrogens is 403 g/mol. The van der Waals surface area contributed by atoms with Gasteiger partial charge in [-0.05, 0) is 25.4 Å². The molecule has 152 valence electrons. The fraction of sp³-hybridized carbons (Fsp3) is 0.533. The van der Waals surface area contributed by atoms with Crippen LogP contribution in [0.25, 0.3) is 0 Å². The van der Waals surface area contributed by atoms with Crippen molar-refractivity contribution in [3.63, 3.8) is 0 Å². The lowest BCUT2D eigenvalue weighted by Gasteiger charge is -2.27. The van der Waals surface area contributed by atoms with Crippen LogP contribution in [0.5, 0.6) is 0 Å². The second-order valence-corrected chi connectivity index (χ2v) is 5.60. The Morgan fingerprint density at radius 2 is 1.59 bits per heavy atom. The zero-order chi connectivity index (χ0) is 21.2. The van der Waals surface area contributed by atoms with Crippen molar-refractivity contribution >= 4 is 29.2 Å². The number of carbonyl (C=O) groups excluding carboxylic acids is 2. The molecule has 0 aliphatic carbocycles. The van der Waals surface area contributed by atoms with Gasteiger partial charge in [-0.2, -0.15) is 22.0 Å². The SMILES string of the molecule is CCOC(=O)c1c(C(F)(F)F)nc(C(F)(F)Cl)c(C(=O)OC)c1N(C)CC. The molecule has 0 amide bonds. The quantitative estimate of drug-likeness (QED) is 0.397. The molecule has 0 fully saturated rings. The molecular formula is C15H16ClF5N2O4. The Balaban J connectivity index is 4.20. The number of pyridine rings is 1. The zero-order valence-corrected chi connectivity index (χ0v) is 15.5. The van der Waals surface area contributed by atoms with Crippen LogP contribution in [0.15, 0.2) is 0 Å². The summed E-state index contributed by atoms with van der Waals surface area (Å²) in [6, 6.07) is 0. The van der Waals surface area contributed by atoms with Crippen LogP contribution in [0, 0.1) is 0 Å². The molecule has 0 atom stereocenters. The molecule has 0 radical (unpaired) electrons. The normalized spacial score (nSPS) is 11.9. The maximum absolute atomic E-state index is 13.8. The predicted molar refractivity (Wildman–Crippen MR) is 85.2 cm³/mol. The molecule has 0 aromatic carbocycles. The van der Waals surface area contributed by atoms with Crippen molar-refractivity contribution in [3.8, 4) is 0 Å². The molecule has 1 heterocycles. The zero-order valence-electron chi connectivity index (χ0n) is 14.7. The lowest BCUT2D eigenvalue weighted by molar-refractivity contribution is -0.142. The molecule has 0 spiro atoms. The molecule has 0 aliphatic rings. The largest absolute Gasteiger partial charge is 0.465 e. The van der Waals surface area contributed by atoms with E-state index in [1.807, 2.05) is 0 Å². The van der Waals surface area contributed by atoms with Gasteiger partial charge in [-0.1, -0.05) is 0 Å². The first kappa shape index (κ1) is 22.9. The number of hydrogen-bond acceptors (Lipinski definition) is 6. The summed E-state index contributed by atoms with van der Waals surface area (Å²) in [6.45, 7) is 2.45. The highest BCUT2D eigenvalue weighted by molar-refractivity contribution is 6.22. The number of anilines is 1. The lowest BCUT2D eigenvalue weighted by Crippen LogP contribution is -2.31. The standard InChI is InChI=1S/C15H16ClF5N2O4/c1-5-23(3)9-7(12(24)26-4)10(14(16,17)18)22-11(15(19,20)21)8(9)13(25)27-6-2/h5-6H2,1-4H3. The number of rotatable bonds is 6. The van der Waals surface area contributed by atoms with Crippen LogP contribution in [0.3, 0.4) is 0 Å². The van der Waals surface area contributed by atoms with Crippen LogP contribution < -0.4 is 4.90 Å². The number of nitrogens with zero attached hydrogens (tertiary/aromatic N) is 2. The lowest BCUT2D eigenvalue weighted by atomic mass is 10.0. The maximum atomic E-state index is 13.8. The maximum Gasteiger partial charge on any atom is 0.434 e. The van der Waals surface area contributed by atoms with Crippen molar-refractivity contribution in [2.24, 2.45) is 0 Å². The average Bonchev–Trinajstić information content (AvgIpc) is 2.56. The van der Waals surface area contributed by atoms with Crippen LogP contribution in [-0.4, -0.2) is 44.2 Å². The number of alkyl halides is 6. The van der Waals surface area contributed by atoms with Gasteiger partial charge in [0.15, 0.2) is 5.69 Å². The molecule has 6 nitrogen and oxygen atoms in total. The van der Waals surface area contributed by atoms with E-state index < -0.39 is 51.7 Å². The van der Waals surface area contributed by atoms with Crippen LogP contribution in [0.1, 0.15) is 46.0 Å². The first-order valence-electron chi connectivity index (χ1n) is 7.50. The minimum atomic E-state index is -5.31. The highest BCUT2D eigenvalue weighted by Gasteiger charge is 2.47. The number of methoxy groups -OCH3 is 1. The van der Waals surface area contributed by atoms with Gasteiger partial charge in [0.05, 0.1) is 19.4 Å². The number of ether oxygens (including phenoxy) is 2. The Morgan fingerprint density at radius 1 is 1.07 bits per heavy atom. The van der Waals surface area contributed by atoms with Crippen LogP contribution >= 0.6 is 11.6 Å². The van der Waals surface area contributed by atoms with Gasteiger partial charge >= 0.3 is 23.5 Å². The Labute approximate surface area is 156 Å². The number of aromatic nitrogens is 1. The monoisotopic (exact) mass is 418 g/mol. The Morgan fingerprint density at radius 3 is 1.96 bits per heavy atom. The molecule has 0 aliphatic heterocycles. The van der Waals surface area contributed by atoms with Crippen molar-refractivity contribution in [1.29, 1.82) is 0 Å². The average molecular weight is 419 g/mol. The summed E-state index contributed by atoms with van der Waals surface area (Å²) in [5, 5.41) is -4.44. The van der Waals surface area contributed by atoms with Gasteiger partial charge in [-0.15, -0.1) is 0 Å². The third-order valence-corrected chi connectivity index (χ3v) is 3.61. The van der Waals surface area contributed by atoms with Crippen LogP contribution in [0.4, 0.5) is 27.6 Å². The Bertz CT molecular complexity index is 734. The fourth-order valence-electron chi connectivity index (χ4n) is 2.22. The first-order valence-corrected chi connectivity index (χ1v) is 7.87. The molecule has 1 aromatic heterocycles. The van der Waals surface area contributed by atoms with Gasteiger partial charge in [0.2, 0.25) is 0 Å². The minimum absolute atomic E-state index is 0.0506. The van der Waals surface area contributed by atoms with E-state index >= 15 is 0 Å². The summed E-state index contributed by atoms with van der Waals surface area (Å²) >= 11 is 4.89. The summed E-state index contributed by atoms with van der Waals surface area (Å²) in [7, 11) is 2.02. The Kier molecular flexibility index (Phi) is 6.98. The van der Waals surface area contributed by atoms with Gasteiger partial charge in [0.1, 0.15) is 16.8 Å². The minimum Gasteiger partial charge on any atom is -0.465 e. The topological polar surface area (TPSA) is 68.7 Å². The van der Waals surface area contributed by atoms with E-state index in [-0.39, 0.29) is 13.2 Å². The van der Waals surface area contributed by atoms with Crippen molar-refractivity contribution in [2.75, 3.05) is 32.2 Å². The van der Waals surface area contributed by atoms with Gasteiger partial charge in [-0.25, -0.2) is 14.6 Å². The predicted octanol–water partition coefficient (Wildman–Crippen LogP) is 3.81. The summed E-state index contributed by atoms with van der Waals surface area (Å²) in [5.74, 6) is -2.92. The summed E-state index contributed by atoms with van der Waals surface area (Å²) in [6.07, 6.45) is -5.31. The molecule has 0 saturated heterocycles. The smallest absolute Gasteiger partial charge is 0.434 e. The third kappa shape index (κ3) is 4.76. The molecule has 0 N–H and O–H groups in total. The summed E-state index contributed by atoms with van der Waals surface area (Å²) in [4.78, 5) is 28.1. The van der Waals surface area contributed by atoms with E-state index in [1.165, 1.54) is 20.9 Å². The molecule has 1 aromatic rings. The van der Waals surface area contributed by atoms with Crippen molar-refractivity contribution < 1.29 is 41.0 Å². The number of hydrogen-bond donors (Lipinski definition) is 0. The number of halogens is 6. The Hall–Kier alpha value is -2.17. The molecule has 12 heteroatoms. The van der Waals surface area contributed by atoms with Gasteiger partial charge in [0, 0.05) is 13.6 Å². The summed E-state index contributed by atoms with van der Waals surface area (Å²) in [5.41, 5.74) is -6.62. The van der Waals surface area contributed by atoms with Crippen molar-refractivity contribution in [3.05, 3.63) is 22.5 Å². The fourth-order valence-corrected chi connectivity index (χ4v) is 2.35. The number of esters is 2. The summed E-state index contributed by atoms with van der Waals surface area (Å²) < 4.78 is 77.1. The van der Waals surface area contributed by atoms with Gasteiger partial charge in [-0.3, -0.25) is 0 Å². The molecule has 0 unspecified atom stereocenters. The second-order valence-electron chi connectivity index (χ2n) is 5.13. The molecule has 0 saturated carbocycles. The van der Waals surface area contributed by atoms with E-state index in [2.05, 4.69) is 14.5 Å².